The van der Waals surface area contributed by atoms with Crippen molar-refractivity contribution < 1.29 is 9.90 Å². The molecule has 0 radical (unpaired) electrons. The fraction of sp³-hybridized carbons (Fsp3) is 0.500. The molecule has 1 saturated carbocycles. The highest BCUT2D eigenvalue weighted by molar-refractivity contribution is 5.95. The number of nitrogens with zero attached hydrogens (tertiary/aromatic N) is 1. The summed E-state index contributed by atoms with van der Waals surface area (Å²) in [6.07, 6.45) is 2.41. The minimum Gasteiger partial charge on any atom is -0.508 e. The molecule has 0 spiro atoms. The average molecular weight is 246 g/mol. The summed E-state index contributed by atoms with van der Waals surface area (Å²) in [5.41, 5.74) is 7.45. The third kappa shape index (κ3) is 1.77. The van der Waals surface area contributed by atoms with Gasteiger partial charge in [-0.25, -0.2) is 0 Å². The lowest BCUT2D eigenvalue weighted by Crippen LogP contribution is -2.69. The quantitative estimate of drug-likeness (QED) is 0.825. The van der Waals surface area contributed by atoms with E-state index in [0.29, 0.717) is 24.6 Å². The molecule has 1 aliphatic heterocycles. The standard InChI is InChI=1S/C14H18N2O2/c1-9-6-10(2-5-12(9)17)13(18)16-7-14(15,8-16)11-3-4-11/h2,5-6,11,17H,3-4,7-8,15H2,1H3. The fourth-order valence-corrected chi connectivity index (χ4v) is 2.70. The number of carbonyl (C=O) groups excluding carboxylic acids is 1. The van der Waals surface area contributed by atoms with Gasteiger partial charge in [-0.05, 0) is 49.4 Å². The molecule has 2 aliphatic rings. The number of phenolic OH excluding ortho intramolecular Hbond substituents is 1. The van der Waals surface area contributed by atoms with Crippen LogP contribution in [0.2, 0.25) is 0 Å². The van der Waals surface area contributed by atoms with Crippen molar-refractivity contribution in [3.63, 3.8) is 0 Å². The van der Waals surface area contributed by atoms with Gasteiger partial charge in [-0.2, -0.15) is 0 Å². The van der Waals surface area contributed by atoms with E-state index < -0.39 is 0 Å². The molecule has 1 saturated heterocycles. The molecule has 1 heterocycles. The van der Waals surface area contributed by atoms with Crippen LogP contribution in [0.15, 0.2) is 18.2 Å². The molecule has 3 N–H and O–H groups in total. The van der Waals surface area contributed by atoms with Crippen LogP contribution in [0, 0.1) is 12.8 Å². The second kappa shape index (κ2) is 3.72. The summed E-state index contributed by atoms with van der Waals surface area (Å²) >= 11 is 0. The van der Waals surface area contributed by atoms with Crippen molar-refractivity contribution in [2.75, 3.05) is 13.1 Å². The van der Waals surface area contributed by atoms with E-state index in [2.05, 4.69) is 0 Å². The van der Waals surface area contributed by atoms with Crippen LogP contribution in [0.4, 0.5) is 0 Å². The molecule has 1 aromatic carbocycles. The number of benzene rings is 1. The lowest BCUT2D eigenvalue weighted by Gasteiger charge is -2.48. The highest BCUT2D eigenvalue weighted by Crippen LogP contribution is 2.43. The Labute approximate surface area is 106 Å². The zero-order valence-electron chi connectivity index (χ0n) is 10.5. The second-order valence-corrected chi connectivity index (χ2v) is 5.67. The molecule has 1 aromatic rings. The predicted molar refractivity (Wildman–Crippen MR) is 68.4 cm³/mol. The monoisotopic (exact) mass is 246 g/mol. The largest absolute Gasteiger partial charge is 0.508 e. The Morgan fingerprint density at radius 2 is 2.11 bits per heavy atom. The maximum Gasteiger partial charge on any atom is 0.253 e. The van der Waals surface area contributed by atoms with Crippen molar-refractivity contribution in [1.82, 2.24) is 4.90 Å². The summed E-state index contributed by atoms with van der Waals surface area (Å²) in [4.78, 5) is 14.0. The number of hydrogen-bond acceptors (Lipinski definition) is 3. The van der Waals surface area contributed by atoms with Crippen molar-refractivity contribution in [2.45, 2.75) is 25.3 Å². The van der Waals surface area contributed by atoms with Crippen molar-refractivity contribution in [3.8, 4) is 5.75 Å². The molecular weight excluding hydrogens is 228 g/mol. The molecule has 1 aliphatic carbocycles. The topological polar surface area (TPSA) is 66.6 Å². The predicted octanol–water partition coefficient (Wildman–Crippen LogP) is 1.26. The Bertz CT molecular complexity index is 503. The average Bonchev–Trinajstić information content (AvgIpc) is 3.12. The molecular formula is C14H18N2O2. The first-order chi connectivity index (χ1) is 8.49. The highest BCUT2D eigenvalue weighted by atomic mass is 16.3. The van der Waals surface area contributed by atoms with Crippen LogP contribution in [0.5, 0.6) is 5.75 Å². The molecule has 0 unspecified atom stereocenters. The Hall–Kier alpha value is -1.55. The first-order valence-electron chi connectivity index (χ1n) is 6.37. The van der Waals surface area contributed by atoms with E-state index in [1.807, 2.05) is 0 Å². The first kappa shape index (κ1) is 11.5. The van der Waals surface area contributed by atoms with Gasteiger partial charge < -0.3 is 15.7 Å². The van der Waals surface area contributed by atoms with E-state index in [9.17, 15) is 9.90 Å². The molecule has 0 aromatic heterocycles. The Morgan fingerprint density at radius 1 is 1.44 bits per heavy atom. The molecule has 1 amide bonds. The van der Waals surface area contributed by atoms with E-state index in [1.54, 1.807) is 30.0 Å². The Morgan fingerprint density at radius 3 is 2.67 bits per heavy atom. The molecule has 3 rings (SSSR count). The van der Waals surface area contributed by atoms with Crippen molar-refractivity contribution in [3.05, 3.63) is 29.3 Å². The summed E-state index contributed by atoms with van der Waals surface area (Å²) < 4.78 is 0. The lowest BCUT2D eigenvalue weighted by molar-refractivity contribution is 0.0350. The smallest absolute Gasteiger partial charge is 0.253 e. The van der Waals surface area contributed by atoms with Gasteiger partial charge in [0.05, 0.1) is 5.54 Å². The number of hydrogen-bond donors (Lipinski definition) is 2. The molecule has 4 heteroatoms. The van der Waals surface area contributed by atoms with E-state index in [1.165, 1.54) is 12.8 Å². The summed E-state index contributed by atoms with van der Waals surface area (Å²) in [5, 5.41) is 9.45. The van der Waals surface area contributed by atoms with Crippen LogP contribution in [0.25, 0.3) is 0 Å². The second-order valence-electron chi connectivity index (χ2n) is 5.67. The Kier molecular flexibility index (Phi) is 2.38. The molecule has 18 heavy (non-hydrogen) atoms. The summed E-state index contributed by atoms with van der Waals surface area (Å²) in [7, 11) is 0. The molecule has 0 bridgehead atoms. The molecule has 0 atom stereocenters. The van der Waals surface area contributed by atoms with Gasteiger partial charge in [0, 0.05) is 18.7 Å². The zero-order chi connectivity index (χ0) is 12.9. The number of aryl methyl sites for hydroxylation is 1. The molecule has 4 nitrogen and oxygen atoms in total. The van der Waals surface area contributed by atoms with Crippen LogP contribution < -0.4 is 5.73 Å². The SMILES string of the molecule is Cc1cc(C(=O)N2CC(N)(C3CC3)C2)ccc1O. The van der Waals surface area contributed by atoms with Crippen molar-refractivity contribution >= 4 is 5.91 Å². The Balaban J connectivity index is 1.70. The van der Waals surface area contributed by atoms with Gasteiger partial charge >= 0.3 is 0 Å². The van der Waals surface area contributed by atoms with Gasteiger partial charge in [0.1, 0.15) is 5.75 Å². The van der Waals surface area contributed by atoms with Gasteiger partial charge in [0.25, 0.3) is 5.91 Å². The molecule has 96 valence electrons. The lowest BCUT2D eigenvalue weighted by atomic mass is 9.85. The zero-order valence-corrected chi connectivity index (χ0v) is 10.5. The van der Waals surface area contributed by atoms with Gasteiger partial charge in [0.2, 0.25) is 0 Å². The fourth-order valence-electron chi connectivity index (χ4n) is 2.70. The maximum absolute atomic E-state index is 12.2. The number of likely N-dealkylation sites (tertiary alicyclic amines) is 1. The van der Waals surface area contributed by atoms with Crippen LogP contribution >= 0.6 is 0 Å². The van der Waals surface area contributed by atoms with Crippen LogP contribution in [0.3, 0.4) is 0 Å². The third-order valence-electron chi connectivity index (χ3n) is 4.09. The number of rotatable bonds is 2. The normalized spacial score (nSPS) is 21.6. The van der Waals surface area contributed by atoms with Crippen molar-refractivity contribution in [1.29, 1.82) is 0 Å². The van der Waals surface area contributed by atoms with Crippen LogP contribution in [0.1, 0.15) is 28.8 Å². The van der Waals surface area contributed by atoms with E-state index >= 15 is 0 Å². The van der Waals surface area contributed by atoms with Gasteiger partial charge in [-0.15, -0.1) is 0 Å². The summed E-state index contributed by atoms with van der Waals surface area (Å²) in [6.45, 7) is 3.12. The van der Waals surface area contributed by atoms with Gasteiger partial charge in [-0.1, -0.05) is 0 Å². The first-order valence-corrected chi connectivity index (χ1v) is 6.37. The number of carbonyl (C=O) groups is 1. The number of nitrogens with two attached hydrogens (primary N) is 1. The van der Waals surface area contributed by atoms with Gasteiger partial charge in [0.15, 0.2) is 0 Å². The van der Waals surface area contributed by atoms with Crippen LogP contribution in [-0.4, -0.2) is 34.5 Å². The molecule has 2 fully saturated rings. The minimum atomic E-state index is -0.137. The van der Waals surface area contributed by atoms with Crippen LogP contribution in [-0.2, 0) is 0 Å². The van der Waals surface area contributed by atoms with E-state index in [-0.39, 0.29) is 17.2 Å². The van der Waals surface area contributed by atoms with Gasteiger partial charge in [-0.3, -0.25) is 4.79 Å². The summed E-state index contributed by atoms with van der Waals surface area (Å²) in [5.74, 6) is 0.851. The third-order valence-corrected chi connectivity index (χ3v) is 4.09. The minimum absolute atomic E-state index is 0.0137. The maximum atomic E-state index is 12.2. The number of phenols is 1. The van der Waals surface area contributed by atoms with Crippen molar-refractivity contribution in [2.24, 2.45) is 11.7 Å². The number of aromatic hydroxyl groups is 1. The highest BCUT2D eigenvalue weighted by Gasteiger charge is 2.51. The van der Waals surface area contributed by atoms with E-state index in [4.69, 9.17) is 5.73 Å². The number of amides is 1. The van der Waals surface area contributed by atoms with E-state index in [0.717, 1.165) is 5.56 Å². The summed E-state index contributed by atoms with van der Waals surface area (Å²) in [6, 6.07) is 4.96.